The number of carbonyl (C=O) groups excluding carboxylic acids is 1. The van der Waals surface area contributed by atoms with E-state index in [1.165, 1.54) is 11.8 Å². The Labute approximate surface area is 204 Å². The molecular weight excluding hydrogens is 474 g/mol. The molecule has 1 amide bonds. The number of methoxy groups -OCH3 is 1. The molecule has 0 unspecified atom stereocenters. The predicted molar refractivity (Wildman–Crippen MR) is 137 cm³/mol. The monoisotopic (exact) mass is 499 g/mol. The second kappa shape index (κ2) is 10.1. The van der Waals surface area contributed by atoms with Crippen molar-refractivity contribution in [1.29, 1.82) is 0 Å². The van der Waals surface area contributed by atoms with Crippen LogP contribution in [0.2, 0.25) is 0 Å². The number of carbonyl (C=O) groups is 1. The summed E-state index contributed by atoms with van der Waals surface area (Å²) in [7, 11) is 3.39. The van der Waals surface area contributed by atoms with E-state index in [4.69, 9.17) is 9.72 Å². The van der Waals surface area contributed by atoms with Crippen molar-refractivity contribution in [2.75, 3.05) is 19.9 Å². The predicted octanol–water partition coefficient (Wildman–Crippen LogP) is 5.14. The Balaban J connectivity index is 1.72. The van der Waals surface area contributed by atoms with Gasteiger partial charge in [0.05, 0.1) is 30.5 Å². The van der Waals surface area contributed by atoms with Gasteiger partial charge in [0.1, 0.15) is 10.6 Å². The lowest BCUT2D eigenvalue weighted by Crippen LogP contribution is -2.28. The summed E-state index contributed by atoms with van der Waals surface area (Å²) >= 11 is 4.46. The molecular formula is C24H25N3O3S3. The number of benzene rings is 1. The van der Waals surface area contributed by atoms with E-state index in [9.17, 15) is 9.59 Å². The van der Waals surface area contributed by atoms with Gasteiger partial charge in [0.15, 0.2) is 5.16 Å². The highest BCUT2D eigenvalue weighted by Crippen LogP contribution is 2.31. The molecule has 0 radical (unpaired) electrons. The SMILES string of the molecule is CCc1sc2nc(SCC(=O)N(C)Cc3cccs3)n(-c3cccc(OC)c3)c(=O)c2c1C. The molecule has 6 nitrogen and oxygen atoms in total. The van der Waals surface area contributed by atoms with Gasteiger partial charge in [0.2, 0.25) is 5.91 Å². The highest BCUT2D eigenvalue weighted by molar-refractivity contribution is 7.99. The zero-order chi connectivity index (χ0) is 23.5. The summed E-state index contributed by atoms with van der Waals surface area (Å²) in [5.41, 5.74) is 1.53. The van der Waals surface area contributed by atoms with E-state index < -0.39 is 0 Å². The summed E-state index contributed by atoms with van der Waals surface area (Å²) in [6.07, 6.45) is 0.847. The lowest BCUT2D eigenvalue weighted by molar-refractivity contribution is -0.127. The Bertz CT molecular complexity index is 1340. The maximum absolute atomic E-state index is 13.7. The number of ether oxygens (including phenoxy) is 1. The number of hydrogen-bond donors (Lipinski definition) is 0. The number of thiophene rings is 2. The zero-order valence-corrected chi connectivity index (χ0v) is 21.4. The van der Waals surface area contributed by atoms with Gasteiger partial charge >= 0.3 is 0 Å². The van der Waals surface area contributed by atoms with E-state index in [0.29, 0.717) is 28.5 Å². The van der Waals surface area contributed by atoms with Crippen LogP contribution in [-0.2, 0) is 17.8 Å². The molecule has 4 rings (SSSR count). The fourth-order valence-electron chi connectivity index (χ4n) is 3.58. The van der Waals surface area contributed by atoms with Crippen LogP contribution in [0.25, 0.3) is 15.9 Å². The van der Waals surface area contributed by atoms with Crippen LogP contribution in [0, 0.1) is 6.92 Å². The molecule has 0 spiro atoms. The van der Waals surface area contributed by atoms with Gasteiger partial charge in [-0.1, -0.05) is 30.8 Å². The van der Waals surface area contributed by atoms with Gasteiger partial charge in [-0.05, 0) is 42.5 Å². The Kier molecular flexibility index (Phi) is 7.21. The minimum absolute atomic E-state index is 0.0171. The largest absolute Gasteiger partial charge is 0.497 e. The standard InChI is InChI=1S/C24H25N3O3S3/c1-5-19-15(2)21-22(33-19)25-24(27(23(21)29)16-8-6-9-17(12-16)30-4)32-14-20(28)26(3)13-18-10-7-11-31-18/h6-12H,5,13-14H2,1-4H3. The third-order valence-electron chi connectivity index (χ3n) is 5.39. The maximum Gasteiger partial charge on any atom is 0.267 e. The summed E-state index contributed by atoms with van der Waals surface area (Å²) in [5, 5.41) is 3.15. The summed E-state index contributed by atoms with van der Waals surface area (Å²) < 4.78 is 6.97. The lowest BCUT2D eigenvalue weighted by Gasteiger charge is -2.17. The highest BCUT2D eigenvalue weighted by Gasteiger charge is 2.20. The minimum Gasteiger partial charge on any atom is -0.497 e. The third-order valence-corrected chi connectivity index (χ3v) is 8.50. The smallest absolute Gasteiger partial charge is 0.267 e. The quantitative estimate of drug-likeness (QED) is 0.248. The van der Waals surface area contributed by atoms with Gasteiger partial charge in [-0.25, -0.2) is 4.98 Å². The van der Waals surface area contributed by atoms with Crippen molar-refractivity contribution in [3.05, 3.63) is 67.4 Å². The van der Waals surface area contributed by atoms with E-state index in [-0.39, 0.29) is 17.2 Å². The summed E-state index contributed by atoms with van der Waals surface area (Å²) in [5.74, 6) is 0.824. The van der Waals surface area contributed by atoms with Crippen LogP contribution in [0.3, 0.4) is 0 Å². The van der Waals surface area contributed by atoms with Crippen molar-refractivity contribution in [1.82, 2.24) is 14.5 Å². The van der Waals surface area contributed by atoms with Crippen LogP contribution in [0.15, 0.2) is 51.7 Å². The molecule has 3 aromatic heterocycles. The Morgan fingerprint density at radius 2 is 2.09 bits per heavy atom. The van der Waals surface area contributed by atoms with Crippen molar-refractivity contribution in [2.45, 2.75) is 32.0 Å². The molecule has 0 N–H and O–H groups in total. The number of nitrogens with zero attached hydrogens (tertiary/aromatic N) is 3. The molecule has 33 heavy (non-hydrogen) atoms. The second-order valence-electron chi connectivity index (χ2n) is 7.54. The second-order valence-corrected chi connectivity index (χ2v) is 10.6. The molecule has 0 aliphatic heterocycles. The van der Waals surface area contributed by atoms with Crippen molar-refractivity contribution < 1.29 is 9.53 Å². The van der Waals surface area contributed by atoms with Crippen molar-refractivity contribution in [2.24, 2.45) is 0 Å². The molecule has 0 bridgehead atoms. The summed E-state index contributed by atoms with van der Waals surface area (Å²) in [4.78, 5) is 36.0. The lowest BCUT2D eigenvalue weighted by atomic mass is 10.2. The number of aromatic nitrogens is 2. The average molecular weight is 500 g/mol. The first-order valence-electron chi connectivity index (χ1n) is 10.5. The van der Waals surface area contributed by atoms with Crippen LogP contribution in [0.5, 0.6) is 5.75 Å². The topological polar surface area (TPSA) is 64.4 Å². The van der Waals surface area contributed by atoms with E-state index in [0.717, 1.165) is 26.6 Å². The fourth-order valence-corrected chi connectivity index (χ4v) is 6.45. The molecule has 1 aromatic carbocycles. The number of rotatable bonds is 8. The molecule has 0 atom stereocenters. The number of fused-ring (bicyclic) bond motifs is 1. The molecule has 0 saturated carbocycles. The first-order chi connectivity index (χ1) is 15.9. The normalized spacial score (nSPS) is 11.2. The Hall–Kier alpha value is -2.62. The molecule has 0 fully saturated rings. The van der Waals surface area contributed by atoms with Gasteiger partial charge in [-0.3, -0.25) is 14.2 Å². The molecule has 0 aliphatic carbocycles. The highest BCUT2D eigenvalue weighted by atomic mass is 32.2. The van der Waals surface area contributed by atoms with Crippen molar-refractivity contribution in [3.63, 3.8) is 0 Å². The van der Waals surface area contributed by atoms with Gasteiger partial charge in [-0.2, -0.15) is 0 Å². The zero-order valence-electron chi connectivity index (χ0n) is 19.0. The summed E-state index contributed by atoms with van der Waals surface area (Å²) in [6, 6.07) is 11.3. The van der Waals surface area contributed by atoms with Gasteiger partial charge in [-0.15, -0.1) is 22.7 Å². The van der Waals surface area contributed by atoms with Crippen LogP contribution < -0.4 is 10.3 Å². The Morgan fingerprint density at radius 1 is 1.27 bits per heavy atom. The van der Waals surface area contributed by atoms with Crippen LogP contribution in [-0.4, -0.2) is 40.3 Å². The van der Waals surface area contributed by atoms with E-state index in [1.807, 2.05) is 48.7 Å². The van der Waals surface area contributed by atoms with Crippen LogP contribution in [0.1, 0.15) is 22.2 Å². The van der Waals surface area contributed by atoms with Crippen molar-refractivity contribution >= 4 is 50.6 Å². The number of aryl methyl sites for hydroxylation is 2. The number of hydrogen-bond acceptors (Lipinski definition) is 7. The Morgan fingerprint density at radius 3 is 2.79 bits per heavy atom. The van der Waals surface area contributed by atoms with Crippen LogP contribution >= 0.6 is 34.4 Å². The molecule has 9 heteroatoms. The molecule has 4 aromatic rings. The van der Waals surface area contributed by atoms with E-state index in [2.05, 4.69) is 6.92 Å². The fraction of sp³-hybridized carbons (Fsp3) is 0.292. The van der Waals surface area contributed by atoms with Gasteiger partial charge in [0, 0.05) is 22.9 Å². The first kappa shape index (κ1) is 23.5. The first-order valence-corrected chi connectivity index (χ1v) is 13.2. The van der Waals surface area contributed by atoms with Crippen molar-refractivity contribution in [3.8, 4) is 11.4 Å². The van der Waals surface area contributed by atoms with Gasteiger partial charge in [0.25, 0.3) is 5.56 Å². The van der Waals surface area contributed by atoms with Gasteiger partial charge < -0.3 is 9.64 Å². The number of thioether (sulfide) groups is 1. The number of amides is 1. The average Bonchev–Trinajstić information content (AvgIpc) is 3.44. The molecule has 0 aliphatic rings. The van der Waals surface area contributed by atoms with Crippen LogP contribution in [0.4, 0.5) is 0 Å². The molecule has 3 heterocycles. The molecule has 172 valence electrons. The summed E-state index contributed by atoms with van der Waals surface area (Å²) in [6.45, 7) is 4.62. The van der Waals surface area contributed by atoms with E-state index in [1.54, 1.807) is 46.3 Å². The third kappa shape index (κ3) is 4.85. The molecule has 0 saturated heterocycles. The van der Waals surface area contributed by atoms with E-state index >= 15 is 0 Å². The minimum atomic E-state index is -0.122. The maximum atomic E-state index is 13.7.